The molecule has 7 nitrogen and oxygen atoms in total. The molecule has 1 aromatic rings. The predicted molar refractivity (Wildman–Crippen MR) is 86.4 cm³/mol. The number of aromatic nitrogens is 2. The number of allylic oxidation sites excluding steroid dienone is 3. The minimum Gasteiger partial charge on any atom is -0.468 e. The number of esters is 1. The van der Waals surface area contributed by atoms with E-state index < -0.39 is 18.2 Å². The summed E-state index contributed by atoms with van der Waals surface area (Å²) in [6.07, 6.45) is 5.64. The zero-order chi connectivity index (χ0) is 17.5. The van der Waals surface area contributed by atoms with Crippen molar-refractivity contribution in [2.24, 2.45) is 5.92 Å². The number of ether oxygens (including phenoxy) is 4. The number of hydrogen-bond donors (Lipinski definition) is 0. The number of halogens is 1. The SMILES string of the molecule is COC(=O)C(C1=C(Oc2cc(Cl)ncn2)CCC=C1)C(OC)OC. The van der Waals surface area contributed by atoms with Gasteiger partial charge in [-0.05, 0) is 6.42 Å². The number of carbonyl (C=O) groups is 1. The van der Waals surface area contributed by atoms with Crippen LogP contribution >= 0.6 is 11.6 Å². The quantitative estimate of drug-likeness (QED) is 0.423. The van der Waals surface area contributed by atoms with E-state index in [1.54, 1.807) is 0 Å². The van der Waals surface area contributed by atoms with Gasteiger partial charge >= 0.3 is 5.97 Å². The molecule has 0 aliphatic heterocycles. The molecule has 2 rings (SSSR count). The number of carbonyl (C=O) groups excluding carboxylic acids is 1. The summed E-state index contributed by atoms with van der Waals surface area (Å²) in [5.41, 5.74) is 0.622. The summed E-state index contributed by atoms with van der Waals surface area (Å²) in [5, 5.41) is 0.268. The highest BCUT2D eigenvalue weighted by molar-refractivity contribution is 6.29. The minimum absolute atomic E-state index is 0.268. The molecule has 0 aromatic carbocycles. The first-order chi connectivity index (χ1) is 11.6. The molecule has 8 heteroatoms. The molecule has 0 amide bonds. The lowest BCUT2D eigenvalue weighted by Gasteiger charge is -2.27. The lowest BCUT2D eigenvalue weighted by Crippen LogP contribution is -2.35. The average Bonchev–Trinajstić information content (AvgIpc) is 2.60. The summed E-state index contributed by atoms with van der Waals surface area (Å²) in [4.78, 5) is 20.1. The Labute approximate surface area is 145 Å². The zero-order valence-corrected chi connectivity index (χ0v) is 14.4. The molecule has 1 atom stereocenters. The van der Waals surface area contributed by atoms with Gasteiger partial charge in [0.1, 0.15) is 23.2 Å². The van der Waals surface area contributed by atoms with Crippen LogP contribution in [0.15, 0.2) is 35.9 Å². The monoisotopic (exact) mass is 354 g/mol. The van der Waals surface area contributed by atoms with E-state index in [0.29, 0.717) is 23.6 Å². The molecule has 130 valence electrons. The molecule has 0 spiro atoms. The summed E-state index contributed by atoms with van der Waals surface area (Å²) in [6, 6.07) is 1.50. The molecular formula is C16H19ClN2O5. The fourth-order valence-electron chi connectivity index (χ4n) is 2.43. The van der Waals surface area contributed by atoms with Crippen LogP contribution in [0, 0.1) is 5.92 Å². The Balaban J connectivity index is 2.40. The average molecular weight is 355 g/mol. The molecule has 0 saturated carbocycles. The van der Waals surface area contributed by atoms with Crippen molar-refractivity contribution in [3.8, 4) is 5.88 Å². The molecule has 1 heterocycles. The topological polar surface area (TPSA) is 79.8 Å². The highest BCUT2D eigenvalue weighted by atomic mass is 35.5. The fraction of sp³-hybridized carbons (Fsp3) is 0.438. The second kappa shape index (κ2) is 8.77. The molecule has 0 saturated heterocycles. The third-order valence-corrected chi connectivity index (χ3v) is 3.73. The number of nitrogens with zero attached hydrogens (tertiary/aromatic N) is 2. The van der Waals surface area contributed by atoms with Gasteiger partial charge in [0.15, 0.2) is 6.29 Å². The van der Waals surface area contributed by atoms with E-state index >= 15 is 0 Å². The van der Waals surface area contributed by atoms with Gasteiger partial charge in [0.25, 0.3) is 0 Å². The summed E-state index contributed by atoms with van der Waals surface area (Å²) >= 11 is 5.85. The largest absolute Gasteiger partial charge is 0.468 e. The maximum absolute atomic E-state index is 12.3. The van der Waals surface area contributed by atoms with Crippen molar-refractivity contribution in [3.05, 3.63) is 41.0 Å². The van der Waals surface area contributed by atoms with E-state index in [4.69, 9.17) is 30.5 Å². The van der Waals surface area contributed by atoms with Crippen LogP contribution in [0.4, 0.5) is 0 Å². The highest BCUT2D eigenvalue weighted by Crippen LogP contribution is 2.31. The normalized spacial score (nSPS) is 15.5. The summed E-state index contributed by atoms with van der Waals surface area (Å²) in [5.74, 6) is -0.379. The number of hydrogen-bond acceptors (Lipinski definition) is 7. The van der Waals surface area contributed by atoms with Gasteiger partial charge in [-0.2, -0.15) is 0 Å². The molecule has 0 N–H and O–H groups in total. The van der Waals surface area contributed by atoms with Gasteiger partial charge in [-0.1, -0.05) is 23.8 Å². The maximum Gasteiger partial charge on any atom is 0.318 e. The molecule has 1 aromatic heterocycles. The van der Waals surface area contributed by atoms with E-state index in [9.17, 15) is 4.79 Å². The zero-order valence-electron chi connectivity index (χ0n) is 13.7. The lowest BCUT2D eigenvalue weighted by molar-refractivity contribution is -0.169. The van der Waals surface area contributed by atoms with Crippen molar-refractivity contribution in [1.82, 2.24) is 9.97 Å². The fourth-order valence-corrected chi connectivity index (χ4v) is 2.57. The van der Waals surface area contributed by atoms with Gasteiger partial charge in [-0.3, -0.25) is 4.79 Å². The molecule has 1 unspecified atom stereocenters. The van der Waals surface area contributed by atoms with Crippen molar-refractivity contribution in [2.75, 3.05) is 21.3 Å². The Hall–Kier alpha value is -1.96. The van der Waals surface area contributed by atoms with Crippen LogP contribution in [-0.4, -0.2) is 43.6 Å². The Bertz CT molecular complexity index is 643. The van der Waals surface area contributed by atoms with Crippen LogP contribution in [0.3, 0.4) is 0 Å². The Morgan fingerprint density at radius 2 is 2.00 bits per heavy atom. The van der Waals surface area contributed by atoms with Crippen LogP contribution < -0.4 is 4.74 Å². The van der Waals surface area contributed by atoms with E-state index in [-0.39, 0.29) is 5.15 Å². The third kappa shape index (κ3) is 4.31. The van der Waals surface area contributed by atoms with E-state index in [1.807, 2.05) is 12.2 Å². The maximum atomic E-state index is 12.3. The van der Waals surface area contributed by atoms with Crippen molar-refractivity contribution in [1.29, 1.82) is 0 Å². The molecule has 0 radical (unpaired) electrons. The van der Waals surface area contributed by atoms with Crippen LogP contribution in [0.1, 0.15) is 12.8 Å². The molecule has 24 heavy (non-hydrogen) atoms. The highest BCUT2D eigenvalue weighted by Gasteiger charge is 2.35. The molecular weight excluding hydrogens is 336 g/mol. The standard InChI is InChI=1S/C16H19ClN2O5/c1-21-15(20)14(16(22-2)23-3)10-6-4-5-7-11(10)24-13-8-12(17)18-9-19-13/h4,6,8-9,14,16H,5,7H2,1-3H3. The van der Waals surface area contributed by atoms with E-state index in [2.05, 4.69) is 9.97 Å². The molecule has 1 aliphatic carbocycles. The van der Waals surface area contributed by atoms with Gasteiger partial charge in [0.05, 0.1) is 7.11 Å². The summed E-state index contributed by atoms with van der Waals surface area (Å²) < 4.78 is 21.3. The predicted octanol–water partition coefficient (Wildman–Crippen LogP) is 2.52. The Morgan fingerprint density at radius 3 is 2.62 bits per heavy atom. The lowest BCUT2D eigenvalue weighted by atomic mass is 9.92. The van der Waals surface area contributed by atoms with Gasteiger partial charge in [-0.15, -0.1) is 0 Å². The van der Waals surface area contributed by atoms with Crippen LogP contribution in [0.5, 0.6) is 5.88 Å². The minimum atomic E-state index is -0.803. The van der Waals surface area contributed by atoms with E-state index in [0.717, 1.165) is 6.42 Å². The number of methoxy groups -OCH3 is 3. The van der Waals surface area contributed by atoms with Gasteiger partial charge in [-0.25, -0.2) is 9.97 Å². The molecule has 0 fully saturated rings. The Morgan fingerprint density at radius 1 is 1.25 bits per heavy atom. The van der Waals surface area contributed by atoms with Crippen molar-refractivity contribution >= 4 is 17.6 Å². The first-order valence-electron chi connectivity index (χ1n) is 7.29. The van der Waals surface area contributed by atoms with E-state index in [1.165, 1.54) is 33.7 Å². The third-order valence-electron chi connectivity index (χ3n) is 3.52. The molecule has 0 bridgehead atoms. The smallest absolute Gasteiger partial charge is 0.318 e. The van der Waals surface area contributed by atoms with Crippen LogP contribution in [-0.2, 0) is 19.0 Å². The second-order valence-corrected chi connectivity index (χ2v) is 5.33. The van der Waals surface area contributed by atoms with Gasteiger partial charge in [0.2, 0.25) is 5.88 Å². The van der Waals surface area contributed by atoms with Gasteiger partial charge < -0.3 is 18.9 Å². The first kappa shape index (κ1) is 18.4. The van der Waals surface area contributed by atoms with Gasteiger partial charge in [0, 0.05) is 32.3 Å². The van der Waals surface area contributed by atoms with Crippen molar-refractivity contribution in [3.63, 3.8) is 0 Å². The molecule has 1 aliphatic rings. The second-order valence-electron chi connectivity index (χ2n) is 4.94. The summed E-state index contributed by atoms with van der Waals surface area (Å²) in [7, 11) is 4.24. The van der Waals surface area contributed by atoms with Crippen molar-refractivity contribution in [2.45, 2.75) is 19.1 Å². The number of rotatable bonds is 7. The summed E-state index contributed by atoms with van der Waals surface area (Å²) in [6.45, 7) is 0. The van der Waals surface area contributed by atoms with Crippen molar-refractivity contribution < 1.29 is 23.7 Å². The Kier molecular flexibility index (Phi) is 6.72. The first-order valence-corrected chi connectivity index (χ1v) is 7.67. The van der Waals surface area contributed by atoms with Crippen LogP contribution in [0.25, 0.3) is 0 Å². The van der Waals surface area contributed by atoms with Crippen LogP contribution in [0.2, 0.25) is 5.15 Å².